The fourth-order valence-electron chi connectivity index (χ4n) is 1.60. The van der Waals surface area contributed by atoms with E-state index in [0.717, 1.165) is 22.0 Å². The Balaban J connectivity index is 2.22. The number of aromatic nitrogens is 2. The Bertz CT molecular complexity index is 587. The summed E-state index contributed by atoms with van der Waals surface area (Å²) in [5.74, 6) is 0. The van der Waals surface area contributed by atoms with Crippen LogP contribution in [0.5, 0.6) is 0 Å². The van der Waals surface area contributed by atoms with Gasteiger partial charge in [-0.25, -0.2) is 0 Å². The fraction of sp³-hybridized carbons (Fsp3) is 0. The maximum atomic E-state index is 4.82. The predicted molar refractivity (Wildman–Crippen MR) is 57.2 cm³/mol. The van der Waals surface area contributed by atoms with Crippen LogP contribution in [0.4, 0.5) is 0 Å². The number of hydrogen-bond acceptors (Lipinski definition) is 3. The number of nitrogens with zero attached hydrogens (tertiary/aromatic N) is 2. The van der Waals surface area contributed by atoms with Gasteiger partial charge in [0.15, 0.2) is 0 Å². The number of benzene rings is 1. The molecule has 3 heteroatoms. The third-order valence-electron chi connectivity index (χ3n) is 2.37. The highest BCUT2D eigenvalue weighted by atomic mass is 16.5. The Morgan fingerprint density at radius 3 is 2.87 bits per heavy atom. The average Bonchev–Trinajstić information content (AvgIpc) is 2.82. The summed E-state index contributed by atoms with van der Waals surface area (Å²) in [4.78, 5) is 4.07. The second-order valence-corrected chi connectivity index (χ2v) is 3.32. The maximum Gasteiger partial charge on any atom is 0.124 e. The summed E-state index contributed by atoms with van der Waals surface area (Å²) in [6, 6.07) is 9.96. The molecule has 2 heterocycles. The molecule has 0 saturated heterocycles. The summed E-state index contributed by atoms with van der Waals surface area (Å²) in [5, 5.41) is 6.19. The number of pyridine rings is 1. The van der Waals surface area contributed by atoms with Crippen LogP contribution in [0.15, 0.2) is 53.5 Å². The normalized spacial score (nSPS) is 10.7. The van der Waals surface area contributed by atoms with E-state index < -0.39 is 0 Å². The molecule has 0 radical (unpaired) electrons. The van der Waals surface area contributed by atoms with Gasteiger partial charge in [0.25, 0.3) is 0 Å². The standard InChI is InChI=1S/C12H8N2O/c1-2-11-8-13-5-3-9(11)7-10(1)12-4-6-15-14-12/h1-8H. The fourth-order valence-corrected chi connectivity index (χ4v) is 1.60. The lowest BCUT2D eigenvalue weighted by Gasteiger charge is -1.99. The molecular weight excluding hydrogens is 188 g/mol. The van der Waals surface area contributed by atoms with Gasteiger partial charge in [0.2, 0.25) is 0 Å². The van der Waals surface area contributed by atoms with Crippen LogP contribution in [0.1, 0.15) is 0 Å². The van der Waals surface area contributed by atoms with Crippen molar-refractivity contribution in [3.8, 4) is 11.3 Å². The SMILES string of the molecule is c1cc2cc(-c3ccon3)ccc2cn1. The summed E-state index contributed by atoms with van der Waals surface area (Å²) >= 11 is 0. The zero-order chi connectivity index (χ0) is 10.1. The molecule has 3 nitrogen and oxygen atoms in total. The molecule has 1 aromatic carbocycles. The van der Waals surface area contributed by atoms with Crippen molar-refractivity contribution in [3.05, 3.63) is 49.0 Å². The van der Waals surface area contributed by atoms with Crippen molar-refractivity contribution in [1.29, 1.82) is 0 Å². The minimum absolute atomic E-state index is 0.855. The van der Waals surface area contributed by atoms with Crippen molar-refractivity contribution < 1.29 is 4.52 Å². The quantitative estimate of drug-likeness (QED) is 0.600. The van der Waals surface area contributed by atoms with E-state index in [0.29, 0.717) is 0 Å². The van der Waals surface area contributed by atoms with Gasteiger partial charge >= 0.3 is 0 Å². The molecule has 2 aromatic heterocycles. The van der Waals surface area contributed by atoms with Crippen LogP contribution in [0.2, 0.25) is 0 Å². The lowest BCUT2D eigenvalue weighted by molar-refractivity contribution is 0.422. The molecule has 0 saturated carbocycles. The van der Waals surface area contributed by atoms with Gasteiger partial charge in [-0.2, -0.15) is 0 Å². The monoisotopic (exact) mass is 196 g/mol. The Labute approximate surface area is 86.4 Å². The van der Waals surface area contributed by atoms with Gasteiger partial charge in [-0.05, 0) is 17.5 Å². The van der Waals surface area contributed by atoms with Crippen LogP contribution < -0.4 is 0 Å². The Morgan fingerprint density at radius 1 is 1.00 bits per heavy atom. The molecule has 3 aromatic rings. The molecule has 0 aliphatic carbocycles. The third kappa shape index (κ3) is 1.38. The zero-order valence-electron chi connectivity index (χ0n) is 7.92. The molecule has 0 amide bonds. The molecule has 0 bridgehead atoms. The van der Waals surface area contributed by atoms with Gasteiger partial charge in [0.1, 0.15) is 12.0 Å². The molecule has 0 fully saturated rings. The van der Waals surface area contributed by atoms with E-state index in [4.69, 9.17) is 4.52 Å². The number of fused-ring (bicyclic) bond motifs is 1. The molecule has 0 aliphatic heterocycles. The summed E-state index contributed by atoms with van der Waals surface area (Å²) in [6.07, 6.45) is 5.21. The molecule has 3 rings (SSSR count). The number of hydrogen-bond donors (Lipinski definition) is 0. The van der Waals surface area contributed by atoms with E-state index in [-0.39, 0.29) is 0 Å². The zero-order valence-corrected chi connectivity index (χ0v) is 7.92. The highest BCUT2D eigenvalue weighted by Gasteiger charge is 2.01. The first-order chi connectivity index (χ1) is 7.43. The van der Waals surface area contributed by atoms with Crippen molar-refractivity contribution >= 4 is 10.8 Å². The van der Waals surface area contributed by atoms with Crippen molar-refractivity contribution in [2.75, 3.05) is 0 Å². The maximum absolute atomic E-state index is 4.82. The van der Waals surface area contributed by atoms with Gasteiger partial charge in [-0.1, -0.05) is 17.3 Å². The van der Waals surface area contributed by atoms with Gasteiger partial charge < -0.3 is 4.52 Å². The first kappa shape index (κ1) is 8.17. The third-order valence-corrected chi connectivity index (χ3v) is 2.37. The molecule has 0 N–H and O–H groups in total. The smallest absolute Gasteiger partial charge is 0.124 e. The van der Waals surface area contributed by atoms with Gasteiger partial charge in [-0.3, -0.25) is 4.98 Å². The second kappa shape index (κ2) is 3.20. The van der Waals surface area contributed by atoms with Gasteiger partial charge in [-0.15, -0.1) is 0 Å². The minimum atomic E-state index is 0.855. The van der Waals surface area contributed by atoms with E-state index in [1.54, 1.807) is 12.5 Å². The molecule has 0 atom stereocenters. The Kier molecular flexibility index (Phi) is 1.75. The van der Waals surface area contributed by atoms with E-state index >= 15 is 0 Å². The van der Waals surface area contributed by atoms with Crippen LogP contribution in [0.25, 0.3) is 22.0 Å². The highest BCUT2D eigenvalue weighted by molar-refractivity contribution is 5.85. The van der Waals surface area contributed by atoms with E-state index in [2.05, 4.69) is 16.2 Å². The lowest BCUT2D eigenvalue weighted by atomic mass is 10.1. The second-order valence-electron chi connectivity index (χ2n) is 3.32. The molecule has 15 heavy (non-hydrogen) atoms. The van der Waals surface area contributed by atoms with Crippen molar-refractivity contribution in [3.63, 3.8) is 0 Å². The molecule has 72 valence electrons. The first-order valence-corrected chi connectivity index (χ1v) is 4.68. The van der Waals surface area contributed by atoms with Gasteiger partial charge in [0, 0.05) is 29.4 Å². The topological polar surface area (TPSA) is 38.9 Å². The Morgan fingerprint density at radius 2 is 2.00 bits per heavy atom. The molecular formula is C12H8N2O. The molecule has 0 aliphatic rings. The summed E-state index contributed by atoms with van der Waals surface area (Å²) in [7, 11) is 0. The summed E-state index contributed by atoms with van der Waals surface area (Å²) in [6.45, 7) is 0. The summed E-state index contributed by atoms with van der Waals surface area (Å²) in [5.41, 5.74) is 1.91. The Hall–Kier alpha value is -2.16. The summed E-state index contributed by atoms with van der Waals surface area (Å²) < 4.78 is 4.82. The van der Waals surface area contributed by atoms with Crippen LogP contribution in [0, 0.1) is 0 Å². The van der Waals surface area contributed by atoms with Gasteiger partial charge in [0.05, 0.1) is 0 Å². The van der Waals surface area contributed by atoms with Crippen molar-refractivity contribution in [2.45, 2.75) is 0 Å². The van der Waals surface area contributed by atoms with E-state index in [1.807, 2.05) is 30.5 Å². The van der Waals surface area contributed by atoms with Crippen LogP contribution in [-0.4, -0.2) is 10.1 Å². The van der Waals surface area contributed by atoms with Crippen LogP contribution in [-0.2, 0) is 0 Å². The average molecular weight is 196 g/mol. The highest BCUT2D eigenvalue weighted by Crippen LogP contribution is 2.22. The van der Waals surface area contributed by atoms with Crippen LogP contribution in [0.3, 0.4) is 0 Å². The molecule has 0 spiro atoms. The van der Waals surface area contributed by atoms with Crippen molar-refractivity contribution in [2.24, 2.45) is 0 Å². The largest absolute Gasteiger partial charge is 0.364 e. The predicted octanol–water partition coefficient (Wildman–Crippen LogP) is 2.89. The van der Waals surface area contributed by atoms with E-state index in [9.17, 15) is 0 Å². The van der Waals surface area contributed by atoms with Crippen LogP contribution >= 0.6 is 0 Å². The molecule has 0 unspecified atom stereocenters. The first-order valence-electron chi connectivity index (χ1n) is 4.68. The van der Waals surface area contributed by atoms with Crippen molar-refractivity contribution in [1.82, 2.24) is 10.1 Å². The number of rotatable bonds is 1. The van der Waals surface area contributed by atoms with E-state index in [1.165, 1.54) is 0 Å². The minimum Gasteiger partial charge on any atom is -0.364 e. The lowest BCUT2D eigenvalue weighted by Crippen LogP contribution is -1.79.